The average Bonchev–Trinajstić information content (AvgIpc) is 2.62. The first-order chi connectivity index (χ1) is 11.9. The van der Waals surface area contributed by atoms with Gasteiger partial charge in [-0.15, -0.1) is 0 Å². The molecule has 2 aromatic carbocycles. The van der Waals surface area contributed by atoms with Gasteiger partial charge in [-0.1, -0.05) is 60.2 Å². The van der Waals surface area contributed by atoms with E-state index < -0.39 is 29.8 Å². The van der Waals surface area contributed by atoms with E-state index in [1.807, 2.05) is 19.1 Å². The molecule has 0 unspecified atom stereocenters. The van der Waals surface area contributed by atoms with Gasteiger partial charge in [-0.25, -0.2) is 0 Å². The van der Waals surface area contributed by atoms with Crippen molar-refractivity contribution in [3.05, 3.63) is 82.8 Å². The fraction of sp³-hybridized carbons (Fsp3) is 0.200. The zero-order chi connectivity index (χ0) is 18.4. The van der Waals surface area contributed by atoms with E-state index in [2.05, 4.69) is 0 Å². The quantitative estimate of drug-likeness (QED) is 0.520. The van der Waals surface area contributed by atoms with Gasteiger partial charge in [0.1, 0.15) is 29.8 Å². The molecule has 25 heavy (non-hydrogen) atoms. The lowest BCUT2D eigenvalue weighted by Gasteiger charge is -2.22. The monoisotopic (exact) mass is 342 g/mol. The highest BCUT2D eigenvalue weighted by atomic mass is 16.4. The van der Waals surface area contributed by atoms with Crippen LogP contribution in [0.25, 0.3) is 12.2 Å². The molecule has 5 N–H and O–H groups in total. The van der Waals surface area contributed by atoms with Gasteiger partial charge in [0.25, 0.3) is 0 Å². The second-order valence-electron chi connectivity index (χ2n) is 5.84. The Kier molecular flexibility index (Phi) is 6.36. The summed E-state index contributed by atoms with van der Waals surface area (Å²) in [7, 11) is 0. The smallest absolute Gasteiger partial charge is 0.140 e. The lowest BCUT2D eigenvalue weighted by molar-refractivity contribution is -0.0540. The van der Waals surface area contributed by atoms with E-state index in [1.54, 1.807) is 42.5 Å². The third-order valence-corrected chi connectivity index (χ3v) is 3.76. The SMILES string of the molecule is Cc1ccc(C=C(O)[C@H](O)[C@@H](O)[C@H](O)C(O)=Cc2ccccc2)cc1. The van der Waals surface area contributed by atoms with Crippen LogP contribution in [0.1, 0.15) is 16.7 Å². The molecule has 0 saturated carbocycles. The fourth-order valence-corrected chi connectivity index (χ4v) is 2.25. The van der Waals surface area contributed by atoms with Crippen molar-refractivity contribution in [3.63, 3.8) is 0 Å². The van der Waals surface area contributed by atoms with Crippen LogP contribution in [0.4, 0.5) is 0 Å². The van der Waals surface area contributed by atoms with Crippen molar-refractivity contribution < 1.29 is 25.5 Å². The van der Waals surface area contributed by atoms with Gasteiger partial charge in [-0.3, -0.25) is 0 Å². The van der Waals surface area contributed by atoms with Gasteiger partial charge < -0.3 is 25.5 Å². The van der Waals surface area contributed by atoms with Crippen molar-refractivity contribution in [1.82, 2.24) is 0 Å². The summed E-state index contributed by atoms with van der Waals surface area (Å²) < 4.78 is 0. The van der Waals surface area contributed by atoms with Gasteiger partial charge in [-0.2, -0.15) is 0 Å². The van der Waals surface area contributed by atoms with E-state index >= 15 is 0 Å². The highest BCUT2D eigenvalue weighted by molar-refractivity contribution is 5.53. The molecule has 0 aliphatic carbocycles. The number of rotatable bonds is 6. The zero-order valence-corrected chi connectivity index (χ0v) is 13.8. The lowest BCUT2D eigenvalue weighted by Crippen LogP contribution is -2.39. The first-order valence-corrected chi connectivity index (χ1v) is 7.85. The van der Waals surface area contributed by atoms with Crippen LogP contribution >= 0.6 is 0 Å². The third-order valence-electron chi connectivity index (χ3n) is 3.76. The molecule has 0 aliphatic rings. The predicted molar refractivity (Wildman–Crippen MR) is 96.9 cm³/mol. The first kappa shape index (κ1) is 18.7. The van der Waals surface area contributed by atoms with E-state index in [9.17, 15) is 25.5 Å². The highest BCUT2D eigenvalue weighted by Crippen LogP contribution is 2.17. The molecular formula is C20H22O5. The molecule has 0 aromatic heterocycles. The molecule has 5 nitrogen and oxygen atoms in total. The molecule has 5 heteroatoms. The van der Waals surface area contributed by atoms with E-state index in [0.29, 0.717) is 11.1 Å². The second-order valence-corrected chi connectivity index (χ2v) is 5.84. The second kappa shape index (κ2) is 8.48. The Morgan fingerprint density at radius 2 is 1.16 bits per heavy atom. The molecule has 132 valence electrons. The summed E-state index contributed by atoms with van der Waals surface area (Å²) in [5.41, 5.74) is 2.30. The minimum atomic E-state index is -1.79. The largest absolute Gasteiger partial charge is 0.509 e. The van der Waals surface area contributed by atoms with Crippen molar-refractivity contribution in [2.24, 2.45) is 0 Å². The van der Waals surface area contributed by atoms with Crippen LogP contribution in [0.2, 0.25) is 0 Å². The summed E-state index contributed by atoms with van der Waals surface area (Å²) in [4.78, 5) is 0. The molecule has 0 spiro atoms. The normalized spacial score (nSPS) is 16.3. The van der Waals surface area contributed by atoms with Crippen LogP contribution in [0.15, 0.2) is 66.1 Å². The van der Waals surface area contributed by atoms with Crippen molar-refractivity contribution in [3.8, 4) is 0 Å². The van der Waals surface area contributed by atoms with Crippen molar-refractivity contribution in [2.45, 2.75) is 25.2 Å². The minimum absolute atomic E-state index is 0.511. The maximum absolute atomic E-state index is 10.0. The Hall–Kier alpha value is -2.60. The Bertz CT molecular complexity index is 734. The van der Waals surface area contributed by atoms with E-state index in [1.165, 1.54) is 12.2 Å². The van der Waals surface area contributed by atoms with Gasteiger partial charge in [-0.05, 0) is 30.2 Å². The maximum atomic E-state index is 10.0. The van der Waals surface area contributed by atoms with E-state index in [-0.39, 0.29) is 0 Å². The van der Waals surface area contributed by atoms with Crippen molar-refractivity contribution in [2.75, 3.05) is 0 Å². The van der Waals surface area contributed by atoms with Crippen LogP contribution in [0, 0.1) is 6.92 Å². The lowest BCUT2D eigenvalue weighted by atomic mass is 10.0. The van der Waals surface area contributed by atoms with Crippen LogP contribution in [-0.4, -0.2) is 43.8 Å². The summed E-state index contributed by atoms with van der Waals surface area (Å²) in [5, 5.41) is 50.0. The van der Waals surface area contributed by atoms with Gasteiger partial charge in [0.05, 0.1) is 0 Å². The van der Waals surface area contributed by atoms with Gasteiger partial charge in [0.2, 0.25) is 0 Å². The number of benzene rings is 2. The summed E-state index contributed by atoms with van der Waals surface area (Å²) in [6.07, 6.45) is -2.72. The molecule has 0 bridgehead atoms. The summed E-state index contributed by atoms with van der Waals surface area (Å²) in [6, 6.07) is 15.9. The summed E-state index contributed by atoms with van der Waals surface area (Å²) in [6.45, 7) is 1.92. The topological polar surface area (TPSA) is 101 Å². The predicted octanol–water partition coefficient (Wildman–Crippen LogP) is 2.58. The van der Waals surface area contributed by atoms with E-state index in [4.69, 9.17) is 0 Å². The Labute approximate surface area is 146 Å². The van der Waals surface area contributed by atoms with Crippen LogP contribution in [0.3, 0.4) is 0 Å². The Balaban J connectivity index is 2.10. The zero-order valence-electron chi connectivity index (χ0n) is 13.8. The number of aliphatic hydroxyl groups is 5. The molecule has 0 heterocycles. The Morgan fingerprint density at radius 1 is 0.720 bits per heavy atom. The molecule has 0 saturated heterocycles. The maximum Gasteiger partial charge on any atom is 0.140 e. The molecule has 3 atom stereocenters. The number of hydrogen-bond donors (Lipinski definition) is 5. The standard InChI is InChI=1S/C20H22O5/c1-13-7-9-15(10-8-13)12-17(22)19(24)20(25)18(23)16(21)11-14-5-3-2-4-6-14/h2-12,18-25H,1H3/t18-,19+,20+/m1/s1. The van der Waals surface area contributed by atoms with Crippen LogP contribution in [-0.2, 0) is 0 Å². The van der Waals surface area contributed by atoms with Gasteiger partial charge in [0, 0.05) is 0 Å². The molecule has 0 radical (unpaired) electrons. The van der Waals surface area contributed by atoms with Crippen molar-refractivity contribution in [1.29, 1.82) is 0 Å². The van der Waals surface area contributed by atoms with Gasteiger partial charge >= 0.3 is 0 Å². The highest BCUT2D eigenvalue weighted by Gasteiger charge is 2.30. The minimum Gasteiger partial charge on any atom is -0.509 e. The third kappa shape index (κ3) is 5.19. The van der Waals surface area contributed by atoms with E-state index in [0.717, 1.165) is 5.56 Å². The van der Waals surface area contributed by atoms with Crippen LogP contribution < -0.4 is 0 Å². The molecular weight excluding hydrogens is 320 g/mol. The molecule has 0 aliphatic heterocycles. The number of hydrogen-bond acceptors (Lipinski definition) is 5. The van der Waals surface area contributed by atoms with Crippen LogP contribution in [0.5, 0.6) is 0 Å². The average molecular weight is 342 g/mol. The molecule has 2 aromatic rings. The molecule has 0 fully saturated rings. The summed E-state index contributed by atoms with van der Waals surface area (Å²) in [5.74, 6) is -1.02. The fourth-order valence-electron chi connectivity index (χ4n) is 2.25. The van der Waals surface area contributed by atoms with Gasteiger partial charge in [0.15, 0.2) is 0 Å². The number of aryl methyl sites for hydroxylation is 1. The molecule has 2 rings (SSSR count). The van der Waals surface area contributed by atoms with Crippen molar-refractivity contribution >= 4 is 12.2 Å². The summed E-state index contributed by atoms with van der Waals surface area (Å²) >= 11 is 0. The Morgan fingerprint density at radius 3 is 1.64 bits per heavy atom. The first-order valence-electron chi connectivity index (χ1n) is 7.85. The molecule has 0 amide bonds. The number of aliphatic hydroxyl groups excluding tert-OH is 5.